The number of nitrogens with one attached hydrogen (secondary N) is 1. The van der Waals surface area contributed by atoms with Gasteiger partial charge in [-0.15, -0.1) is 0 Å². The van der Waals surface area contributed by atoms with Crippen molar-refractivity contribution in [3.63, 3.8) is 0 Å². The lowest BCUT2D eigenvalue weighted by molar-refractivity contribution is -0.139. The molecular formula is C25H33N3O3S. The van der Waals surface area contributed by atoms with Gasteiger partial charge < -0.3 is 15.0 Å². The van der Waals surface area contributed by atoms with Crippen LogP contribution in [-0.2, 0) is 14.3 Å². The fourth-order valence-electron chi connectivity index (χ4n) is 4.93. The fraction of sp³-hybridized carbons (Fsp3) is 0.560. The first-order chi connectivity index (χ1) is 15.6. The van der Waals surface area contributed by atoms with Crippen LogP contribution in [-0.4, -0.2) is 40.8 Å². The summed E-state index contributed by atoms with van der Waals surface area (Å²) in [4.78, 5) is 32.4. The van der Waals surface area contributed by atoms with E-state index >= 15 is 0 Å². The Hall–Kier alpha value is -2.28. The van der Waals surface area contributed by atoms with Crippen molar-refractivity contribution in [1.29, 1.82) is 0 Å². The molecule has 4 rings (SSSR count). The Bertz CT molecular complexity index is 921. The fourth-order valence-corrected chi connectivity index (χ4v) is 5.95. The number of carbonyl (C=O) groups excluding carboxylic acids is 2. The maximum absolute atomic E-state index is 12.9. The molecule has 0 unspecified atom stereocenters. The van der Waals surface area contributed by atoms with Crippen LogP contribution in [0.15, 0.2) is 40.5 Å². The molecule has 1 atom stereocenters. The molecule has 172 valence electrons. The van der Waals surface area contributed by atoms with Gasteiger partial charge in [0.25, 0.3) is 0 Å². The van der Waals surface area contributed by atoms with Crippen molar-refractivity contribution in [2.45, 2.75) is 64.8 Å². The molecular weight excluding hydrogens is 422 g/mol. The highest BCUT2D eigenvalue weighted by Gasteiger charge is 2.38. The van der Waals surface area contributed by atoms with Gasteiger partial charge in [-0.2, -0.15) is 0 Å². The summed E-state index contributed by atoms with van der Waals surface area (Å²) < 4.78 is 5.39. The van der Waals surface area contributed by atoms with Crippen LogP contribution in [0.2, 0.25) is 0 Å². The minimum absolute atomic E-state index is 0.0609. The van der Waals surface area contributed by atoms with Gasteiger partial charge in [0.1, 0.15) is 0 Å². The molecule has 0 spiro atoms. The van der Waals surface area contributed by atoms with Crippen molar-refractivity contribution >= 4 is 34.5 Å². The average Bonchev–Trinajstić information content (AvgIpc) is 3.31. The molecule has 1 N–H and O–H groups in total. The summed E-state index contributed by atoms with van der Waals surface area (Å²) >= 11 is 1.73. The van der Waals surface area contributed by atoms with E-state index in [0.717, 1.165) is 41.6 Å². The molecule has 1 aromatic carbocycles. The number of amidine groups is 1. The second-order valence-corrected chi connectivity index (χ2v) is 9.84. The maximum atomic E-state index is 12.9. The molecule has 1 amide bonds. The van der Waals surface area contributed by atoms with E-state index in [0.29, 0.717) is 30.2 Å². The SMILES string of the molecule is CCOC(=O)C1=C(C)N=C2SCCCN2[C@H]1c1cccc(NC(=O)CCC2CCCC2)c1. The zero-order valence-electron chi connectivity index (χ0n) is 19.1. The number of anilines is 1. The molecule has 1 aliphatic carbocycles. The normalized spacial score (nSPS) is 21.2. The first-order valence-electron chi connectivity index (χ1n) is 11.8. The molecule has 1 aromatic rings. The van der Waals surface area contributed by atoms with Crippen LogP contribution >= 0.6 is 11.8 Å². The van der Waals surface area contributed by atoms with E-state index in [-0.39, 0.29) is 17.9 Å². The summed E-state index contributed by atoms with van der Waals surface area (Å²) in [5.41, 5.74) is 3.03. The molecule has 0 radical (unpaired) electrons. The highest BCUT2D eigenvalue weighted by atomic mass is 32.2. The number of allylic oxidation sites excluding steroid dienone is 1. The number of thioether (sulfide) groups is 1. The van der Waals surface area contributed by atoms with Gasteiger partial charge >= 0.3 is 5.97 Å². The van der Waals surface area contributed by atoms with Gasteiger partial charge in [-0.05, 0) is 50.3 Å². The standard InChI is InChI=1S/C25H33N3O3S/c1-3-31-24(30)22-17(2)26-25-28(14-7-15-32-25)23(22)19-10-6-11-20(16-19)27-21(29)13-12-18-8-4-5-9-18/h6,10-11,16,18,23H,3-5,7-9,12-15H2,1-2H3,(H,27,29)/t23-/m0/s1. The summed E-state index contributed by atoms with van der Waals surface area (Å²) in [6, 6.07) is 7.62. The number of hydrogen-bond acceptors (Lipinski definition) is 6. The zero-order valence-corrected chi connectivity index (χ0v) is 19.9. The van der Waals surface area contributed by atoms with Crippen molar-refractivity contribution in [3.05, 3.63) is 41.1 Å². The molecule has 0 bridgehead atoms. The number of hydrogen-bond donors (Lipinski definition) is 1. The number of amides is 1. The van der Waals surface area contributed by atoms with Gasteiger partial charge in [-0.25, -0.2) is 9.79 Å². The second-order valence-electron chi connectivity index (χ2n) is 8.77. The monoisotopic (exact) mass is 455 g/mol. The lowest BCUT2D eigenvalue weighted by atomic mass is 9.94. The quantitative estimate of drug-likeness (QED) is 0.566. The Balaban J connectivity index is 1.55. The van der Waals surface area contributed by atoms with E-state index in [2.05, 4.69) is 10.2 Å². The molecule has 0 aromatic heterocycles. The largest absolute Gasteiger partial charge is 0.463 e. The van der Waals surface area contributed by atoms with Gasteiger partial charge in [-0.3, -0.25) is 4.79 Å². The third-order valence-corrected chi connectivity index (χ3v) is 7.57. The molecule has 3 aliphatic rings. The molecule has 7 heteroatoms. The van der Waals surface area contributed by atoms with E-state index in [9.17, 15) is 9.59 Å². The van der Waals surface area contributed by atoms with Gasteiger partial charge in [0.15, 0.2) is 5.17 Å². The number of fused-ring (bicyclic) bond motifs is 1. The summed E-state index contributed by atoms with van der Waals surface area (Å²) in [6.07, 6.45) is 7.66. The van der Waals surface area contributed by atoms with Crippen molar-refractivity contribution in [3.8, 4) is 0 Å². The molecule has 1 saturated heterocycles. The number of benzene rings is 1. The number of esters is 1. The minimum Gasteiger partial charge on any atom is -0.463 e. The maximum Gasteiger partial charge on any atom is 0.338 e. The summed E-state index contributed by atoms with van der Waals surface area (Å²) in [5, 5.41) is 4.03. The van der Waals surface area contributed by atoms with E-state index in [1.54, 1.807) is 11.8 Å². The van der Waals surface area contributed by atoms with Crippen LogP contribution in [0.1, 0.15) is 70.4 Å². The lowest BCUT2D eigenvalue weighted by Gasteiger charge is -2.40. The number of aliphatic imine (C=N–C) groups is 1. The Labute approximate surface area is 194 Å². The van der Waals surface area contributed by atoms with E-state index in [4.69, 9.17) is 9.73 Å². The topological polar surface area (TPSA) is 71.0 Å². The molecule has 2 aliphatic heterocycles. The lowest BCUT2D eigenvalue weighted by Crippen LogP contribution is -2.42. The van der Waals surface area contributed by atoms with Crippen LogP contribution < -0.4 is 5.32 Å². The number of rotatable bonds is 7. The van der Waals surface area contributed by atoms with Crippen molar-refractivity contribution in [2.75, 3.05) is 24.2 Å². The van der Waals surface area contributed by atoms with E-state index < -0.39 is 0 Å². The first kappa shape index (κ1) is 22.9. The van der Waals surface area contributed by atoms with Crippen LogP contribution in [0.3, 0.4) is 0 Å². The highest BCUT2D eigenvalue weighted by molar-refractivity contribution is 8.13. The highest BCUT2D eigenvalue weighted by Crippen LogP contribution is 2.40. The van der Waals surface area contributed by atoms with Crippen molar-refractivity contribution in [1.82, 2.24) is 4.90 Å². The zero-order chi connectivity index (χ0) is 22.5. The second kappa shape index (κ2) is 10.6. The predicted octanol–water partition coefficient (Wildman–Crippen LogP) is 5.28. The number of ether oxygens (including phenoxy) is 1. The van der Waals surface area contributed by atoms with Gasteiger partial charge in [0.2, 0.25) is 5.91 Å². The van der Waals surface area contributed by atoms with Crippen LogP contribution in [0.4, 0.5) is 5.69 Å². The Morgan fingerprint density at radius 3 is 2.84 bits per heavy atom. The van der Waals surface area contributed by atoms with Gasteiger partial charge in [0.05, 0.1) is 23.9 Å². The summed E-state index contributed by atoms with van der Waals surface area (Å²) in [7, 11) is 0. The van der Waals surface area contributed by atoms with Gasteiger partial charge in [-0.1, -0.05) is 49.6 Å². The summed E-state index contributed by atoms with van der Waals surface area (Å²) in [5.74, 6) is 1.47. The number of carbonyl (C=O) groups is 2. The smallest absolute Gasteiger partial charge is 0.338 e. The third kappa shape index (κ3) is 5.20. The minimum atomic E-state index is -0.320. The molecule has 2 fully saturated rings. The van der Waals surface area contributed by atoms with E-state index in [1.807, 2.05) is 38.1 Å². The van der Waals surface area contributed by atoms with Crippen LogP contribution in [0, 0.1) is 5.92 Å². The Morgan fingerprint density at radius 2 is 2.06 bits per heavy atom. The van der Waals surface area contributed by atoms with Crippen molar-refractivity contribution < 1.29 is 14.3 Å². The average molecular weight is 456 g/mol. The number of nitrogens with zero attached hydrogens (tertiary/aromatic N) is 2. The predicted molar refractivity (Wildman–Crippen MR) is 130 cm³/mol. The Kier molecular flexibility index (Phi) is 7.55. The van der Waals surface area contributed by atoms with Crippen LogP contribution in [0.25, 0.3) is 0 Å². The van der Waals surface area contributed by atoms with Crippen molar-refractivity contribution in [2.24, 2.45) is 10.9 Å². The first-order valence-corrected chi connectivity index (χ1v) is 12.8. The van der Waals surface area contributed by atoms with Gasteiger partial charge in [0, 0.05) is 24.4 Å². The van der Waals surface area contributed by atoms with Crippen LogP contribution in [0.5, 0.6) is 0 Å². The molecule has 6 nitrogen and oxygen atoms in total. The Morgan fingerprint density at radius 1 is 1.25 bits per heavy atom. The van der Waals surface area contributed by atoms with E-state index in [1.165, 1.54) is 25.7 Å². The molecule has 32 heavy (non-hydrogen) atoms. The molecule has 1 saturated carbocycles. The molecule has 2 heterocycles. The summed E-state index contributed by atoms with van der Waals surface area (Å²) in [6.45, 7) is 4.86. The third-order valence-electron chi connectivity index (χ3n) is 6.49.